The number of likely N-dealkylation sites (tertiary alicyclic amines) is 2. The summed E-state index contributed by atoms with van der Waals surface area (Å²) in [7, 11) is 1.56. The van der Waals surface area contributed by atoms with Gasteiger partial charge in [-0.05, 0) is 92.7 Å². The van der Waals surface area contributed by atoms with E-state index >= 15 is 0 Å². The van der Waals surface area contributed by atoms with E-state index in [4.69, 9.17) is 17.0 Å². The highest BCUT2D eigenvalue weighted by molar-refractivity contribution is 7.80. The Hall–Kier alpha value is -3.20. The summed E-state index contributed by atoms with van der Waals surface area (Å²) in [6.45, 7) is 2.79. The van der Waals surface area contributed by atoms with Gasteiger partial charge in [0.25, 0.3) is 5.91 Å². The van der Waals surface area contributed by atoms with E-state index in [2.05, 4.69) is 15.5 Å². The van der Waals surface area contributed by atoms with Crippen molar-refractivity contribution in [3.8, 4) is 5.75 Å². The minimum absolute atomic E-state index is 0.00106. The van der Waals surface area contributed by atoms with Crippen LogP contribution in [0.1, 0.15) is 42.5 Å². The maximum atomic E-state index is 13.6. The van der Waals surface area contributed by atoms with Gasteiger partial charge in [0.05, 0.1) is 7.11 Å². The molecular weight excluding hydrogens is 479 g/mol. The van der Waals surface area contributed by atoms with Crippen LogP contribution in [0.4, 0.5) is 10.1 Å². The number of anilines is 1. The van der Waals surface area contributed by atoms with E-state index in [0.29, 0.717) is 42.4 Å². The molecule has 7 nitrogen and oxygen atoms in total. The van der Waals surface area contributed by atoms with Gasteiger partial charge in [-0.15, -0.1) is 0 Å². The zero-order valence-electron chi connectivity index (χ0n) is 20.5. The highest BCUT2D eigenvalue weighted by Crippen LogP contribution is 2.25. The first-order valence-corrected chi connectivity index (χ1v) is 12.9. The number of methoxy groups -OCH3 is 1. The van der Waals surface area contributed by atoms with Crippen LogP contribution in [0.25, 0.3) is 0 Å². The Kier molecular flexibility index (Phi) is 8.74. The number of nitrogens with zero attached hydrogens (tertiary/aromatic N) is 2. The average Bonchev–Trinajstić information content (AvgIpc) is 2.93. The number of halogens is 1. The molecule has 4 rings (SSSR count). The molecule has 2 N–H and O–H groups in total. The van der Waals surface area contributed by atoms with Crippen molar-refractivity contribution in [3.05, 3.63) is 59.9 Å². The molecule has 2 aliphatic rings. The molecule has 2 aromatic carbocycles. The van der Waals surface area contributed by atoms with Crippen molar-refractivity contribution >= 4 is 34.8 Å². The highest BCUT2D eigenvalue weighted by atomic mass is 32.1. The van der Waals surface area contributed by atoms with Crippen LogP contribution < -0.4 is 15.4 Å². The van der Waals surface area contributed by atoms with E-state index in [1.807, 2.05) is 4.90 Å². The minimum atomic E-state index is -0.595. The Morgan fingerprint density at radius 2 is 1.69 bits per heavy atom. The molecule has 2 saturated heterocycles. The Bertz CT molecular complexity index is 1070. The quantitative estimate of drug-likeness (QED) is 0.569. The van der Waals surface area contributed by atoms with Crippen molar-refractivity contribution in [1.29, 1.82) is 0 Å². The maximum Gasteiger partial charge on any atom is 0.252 e. The Labute approximate surface area is 217 Å². The molecule has 0 aromatic heterocycles. The van der Waals surface area contributed by atoms with Gasteiger partial charge in [-0.1, -0.05) is 6.07 Å². The molecule has 2 aliphatic heterocycles. The molecule has 0 bridgehead atoms. The Morgan fingerprint density at radius 1 is 1.00 bits per heavy atom. The van der Waals surface area contributed by atoms with Crippen LogP contribution in [0.2, 0.25) is 0 Å². The lowest BCUT2D eigenvalue weighted by Crippen LogP contribution is -2.55. The smallest absolute Gasteiger partial charge is 0.252 e. The summed E-state index contributed by atoms with van der Waals surface area (Å²) in [6.07, 6.45) is 4.54. The van der Waals surface area contributed by atoms with Crippen molar-refractivity contribution in [3.63, 3.8) is 0 Å². The Balaban J connectivity index is 1.42. The van der Waals surface area contributed by atoms with Crippen molar-refractivity contribution < 1.29 is 18.7 Å². The second-order valence-corrected chi connectivity index (χ2v) is 9.72. The SMILES string of the molecule is COc1cccc(C(=O)NC(C(=O)N2CCCCC2)C2CCN(C(=S)Nc3ccc(F)cc3)CC2)c1. The van der Waals surface area contributed by atoms with Gasteiger partial charge >= 0.3 is 0 Å². The van der Waals surface area contributed by atoms with Crippen LogP contribution in [0.15, 0.2) is 48.5 Å². The monoisotopic (exact) mass is 512 g/mol. The number of carbonyl (C=O) groups is 2. The molecule has 0 saturated carbocycles. The van der Waals surface area contributed by atoms with Crippen LogP contribution in [0, 0.1) is 11.7 Å². The van der Waals surface area contributed by atoms with Gasteiger partial charge in [-0.3, -0.25) is 9.59 Å². The number of carbonyl (C=O) groups excluding carboxylic acids is 2. The van der Waals surface area contributed by atoms with E-state index in [1.54, 1.807) is 43.5 Å². The molecule has 9 heteroatoms. The van der Waals surface area contributed by atoms with Gasteiger partial charge in [0.15, 0.2) is 5.11 Å². The third-order valence-corrected chi connectivity index (χ3v) is 7.31. The molecule has 192 valence electrons. The number of ether oxygens (including phenoxy) is 1. The predicted molar refractivity (Wildman–Crippen MR) is 142 cm³/mol. The third kappa shape index (κ3) is 6.51. The maximum absolute atomic E-state index is 13.6. The highest BCUT2D eigenvalue weighted by Gasteiger charge is 2.36. The second-order valence-electron chi connectivity index (χ2n) is 9.33. The fourth-order valence-electron chi connectivity index (χ4n) is 4.85. The lowest BCUT2D eigenvalue weighted by atomic mass is 9.88. The molecule has 2 fully saturated rings. The minimum Gasteiger partial charge on any atom is -0.497 e. The molecule has 2 heterocycles. The number of hydrogen-bond acceptors (Lipinski definition) is 4. The van der Waals surface area contributed by atoms with Gasteiger partial charge in [0.1, 0.15) is 17.6 Å². The number of nitrogens with one attached hydrogen (secondary N) is 2. The summed E-state index contributed by atoms with van der Waals surface area (Å²) in [5.41, 5.74) is 1.19. The van der Waals surface area contributed by atoms with Crippen molar-refractivity contribution in [1.82, 2.24) is 15.1 Å². The zero-order valence-corrected chi connectivity index (χ0v) is 21.4. The van der Waals surface area contributed by atoms with Crippen molar-refractivity contribution in [2.75, 3.05) is 38.6 Å². The van der Waals surface area contributed by atoms with E-state index < -0.39 is 6.04 Å². The molecule has 1 atom stereocenters. The summed E-state index contributed by atoms with van der Waals surface area (Å²) in [5, 5.41) is 6.78. The van der Waals surface area contributed by atoms with Gasteiger partial charge in [-0.25, -0.2) is 4.39 Å². The van der Waals surface area contributed by atoms with Gasteiger partial charge in [0, 0.05) is 37.4 Å². The number of hydrogen-bond donors (Lipinski definition) is 2. The summed E-state index contributed by atoms with van der Waals surface area (Å²) < 4.78 is 18.4. The number of piperidine rings is 2. The first kappa shape index (κ1) is 25.9. The van der Waals surface area contributed by atoms with Crippen LogP contribution >= 0.6 is 12.2 Å². The molecule has 0 spiro atoms. The zero-order chi connectivity index (χ0) is 25.5. The fraction of sp³-hybridized carbons (Fsp3) is 0.444. The first-order chi connectivity index (χ1) is 17.4. The van der Waals surface area contributed by atoms with Gasteiger partial charge in [-0.2, -0.15) is 0 Å². The molecule has 0 radical (unpaired) electrons. The first-order valence-electron chi connectivity index (χ1n) is 12.5. The molecule has 1 unspecified atom stereocenters. The summed E-state index contributed by atoms with van der Waals surface area (Å²) in [6, 6.07) is 12.4. The van der Waals surface area contributed by atoms with Crippen molar-refractivity contribution in [2.45, 2.75) is 38.1 Å². The summed E-state index contributed by atoms with van der Waals surface area (Å²) in [4.78, 5) is 30.7. The number of rotatable bonds is 6. The standard InChI is InChI=1S/C27H33FN4O3S/c1-35-23-7-5-6-20(18-23)25(33)30-24(26(34)31-14-3-2-4-15-31)19-12-16-32(17-13-19)27(36)29-22-10-8-21(28)9-11-22/h5-11,18-19,24H,2-4,12-17H2,1H3,(H,29,36)(H,30,33). The fourth-order valence-corrected chi connectivity index (χ4v) is 5.15. The van der Waals surface area contributed by atoms with Crippen LogP contribution in [0.5, 0.6) is 5.75 Å². The summed E-state index contributed by atoms with van der Waals surface area (Å²) >= 11 is 5.57. The van der Waals surface area contributed by atoms with E-state index in [9.17, 15) is 14.0 Å². The molecule has 36 heavy (non-hydrogen) atoms. The normalized spacial score (nSPS) is 17.3. The molecular formula is C27H33FN4O3S. The molecule has 0 aliphatic carbocycles. The van der Waals surface area contributed by atoms with Gasteiger partial charge in [0.2, 0.25) is 5.91 Å². The third-order valence-electron chi connectivity index (χ3n) is 6.95. The number of thiocarbonyl (C=S) groups is 1. The van der Waals surface area contributed by atoms with E-state index in [-0.39, 0.29) is 23.5 Å². The predicted octanol–water partition coefficient (Wildman–Crippen LogP) is 4.05. The van der Waals surface area contributed by atoms with E-state index in [1.165, 1.54) is 12.1 Å². The largest absolute Gasteiger partial charge is 0.497 e. The van der Waals surface area contributed by atoms with Crippen LogP contribution in [-0.2, 0) is 4.79 Å². The Morgan fingerprint density at radius 3 is 2.36 bits per heavy atom. The lowest BCUT2D eigenvalue weighted by molar-refractivity contribution is -0.136. The second kappa shape index (κ2) is 12.2. The van der Waals surface area contributed by atoms with E-state index in [0.717, 1.165) is 38.0 Å². The molecule has 2 amide bonds. The number of amides is 2. The van der Waals surface area contributed by atoms with Crippen LogP contribution in [0.3, 0.4) is 0 Å². The van der Waals surface area contributed by atoms with Gasteiger partial charge < -0.3 is 25.2 Å². The number of benzene rings is 2. The van der Waals surface area contributed by atoms with Crippen LogP contribution in [-0.4, -0.2) is 66.1 Å². The lowest BCUT2D eigenvalue weighted by Gasteiger charge is -2.39. The topological polar surface area (TPSA) is 73.9 Å². The summed E-state index contributed by atoms with van der Waals surface area (Å²) in [5.74, 6) is 0.0141. The average molecular weight is 513 g/mol. The van der Waals surface area contributed by atoms with Crippen molar-refractivity contribution in [2.24, 2.45) is 5.92 Å². The molecule has 2 aromatic rings.